The molecule has 21 heavy (non-hydrogen) atoms. The van der Waals surface area contributed by atoms with E-state index in [-0.39, 0.29) is 0 Å². The fourth-order valence-electron chi connectivity index (χ4n) is 3.62. The summed E-state index contributed by atoms with van der Waals surface area (Å²) in [5, 5.41) is 13.4. The first-order valence-corrected chi connectivity index (χ1v) is 7.87. The molecule has 2 N–H and O–H groups in total. The molecule has 0 aliphatic heterocycles. The van der Waals surface area contributed by atoms with Crippen LogP contribution in [0.3, 0.4) is 0 Å². The van der Waals surface area contributed by atoms with Crippen molar-refractivity contribution in [1.29, 1.82) is 0 Å². The Morgan fingerprint density at radius 1 is 1.10 bits per heavy atom. The van der Waals surface area contributed by atoms with Crippen LogP contribution in [0.1, 0.15) is 55.3 Å². The molecule has 4 heteroatoms. The number of hydrogen-bond acceptors (Lipinski definition) is 3. The number of carboxylic acids is 1. The molecule has 2 atom stereocenters. The average molecular weight is 286 g/mol. The number of anilines is 1. The molecule has 0 heterocycles. The maximum absolute atomic E-state index is 10.8. The van der Waals surface area contributed by atoms with Gasteiger partial charge in [-0.2, -0.15) is 5.10 Å². The number of hydrogen-bond donors (Lipinski definition) is 2. The second-order valence-electron chi connectivity index (χ2n) is 6.22. The molecular formula is C17H22N2O2. The number of hydrazone groups is 1. The van der Waals surface area contributed by atoms with Crippen LogP contribution in [-0.2, 0) is 0 Å². The highest BCUT2D eigenvalue weighted by atomic mass is 16.4. The fourth-order valence-corrected chi connectivity index (χ4v) is 3.62. The predicted molar refractivity (Wildman–Crippen MR) is 83.8 cm³/mol. The van der Waals surface area contributed by atoms with Crippen molar-refractivity contribution in [3.05, 3.63) is 29.8 Å². The molecule has 3 rings (SSSR count). The number of carboxylic acid groups (broad SMARTS) is 1. The second-order valence-corrected chi connectivity index (χ2v) is 6.22. The summed E-state index contributed by atoms with van der Waals surface area (Å²) in [6, 6.07) is 6.73. The maximum atomic E-state index is 10.8. The SMILES string of the molecule is O=C(O)c1ccc(N/N=C2\CC[C@H]3CCCC[C@H]3C2)cc1. The van der Waals surface area contributed by atoms with Crippen molar-refractivity contribution in [3.63, 3.8) is 0 Å². The van der Waals surface area contributed by atoms with Crippen molar-refractivity contribution in [2.24, 2.45) is 16.9 Å². The Morgan fingerprint density at radius 3 is 2.52 bits per heavy atom. The summed E-state index contributed by atoms with van der Waals surface area (Å²) in [5.41, 5.74) is 5.48. The van der Waals surface area contributed by atoms with Crippen LogP contribution in [0.5, 0.6) is 0 Å². The van der Waals surface area contributed by atoms with E-state index in [1.165, 1.54) is 37.8 Å². The van der Waals surface area contributed by atoms with Crippen molar-refractivity contribution in [2.75, 3.05) is 5.43 Å². The van der Waals surface area contributed by atoms with Crippen LogP contribution < -0.4 is 5.43 Å². The molecule has 2 aliphatic carbocycles. The molecule has 2 aliphatic rings. The Hall–Kier alpha value is -1.84. The Labute approximate surface area is 125 Å². The van der Waals surface area contributed by atoms with Gasteiger partial charge < -0.3 is 5.11 Å². The zero-order chi connectivity index (χ0) is 14.7. The Kier molecular flexibility index (Phi) is 4.23. The first-order valence-electron chi connectivity index (χ1n) is 7.87. The Balaban J connectivity index is 1.59. The Morgan fingerprint density at radius 2 is 1.81 bits per heavy atom. The number of rotatable bonds is 3. The van der Waals surface area contributed by atoms with E-state index in [2.05, 4.69) is 10.5 Å². The van der Waals surface area contributed by atoms with Crippen molar-refractivity contribution < 1.29 is 9.90 Å². The van der Waals surface area contributed by atoms with Gasteiger partial charge in [0.05, 0.1) is 11.3 Å². The molecule has 0 amide bonds. The minimum Gasteiger partial charge on any atom is -0.478 e. The van der Waals surface area contributed by atoms with E-state index in [0.717, 1.165) is 30.4 Å². The quantitative estimate of drug-likeness (QED) is 0.821. The monoisotopic (exact) mass is 286 g/mol. The van der Waals surface area contributed by atoms with Gasteiger partial charge in [0.2, 0.25) is 0 Å². The van der Waals surface area contributed by atoms with Crippen molar-refractivity contribution in [3.8, 4) is 0 Å². The summed E-state index contributed by atoms with van der Waals surface area (Å²) in [5.74, 6) is 0.860. The number of benzene rings is 1. The van der Waals surface area contributed by atoms with Gasteiger partial charge in [0.15, 0.2) is 0 Å². The van der Waals surface area contributed by atoms with Crippen LogP contribution in [0, 0.1) is 11.8 Å². The van der Waals surface area contributed by atoms with Crippen LogP contribution in [0.15, 0.2) is 29.4 Å². The van der Waals surface area contributed by atoms with Gasteiger partial charge in [-0.05, 0) is 61.8 Å². The molecule has 0 radical (unpaired) electrons. The van der Waals surface area contributed by atoms with Gasteiger partial charge in [0.25, 0.3) is 0 Å². The third-order valence-corrected chi connectivity index (χ3v) is 4.84. The molecule has 0 bridgehead atoms. The lowest BCUT2D eigenvalue weighted by Crippen LogP contribution is -2.28. The molecule has 2 fully saturated rings. The van der Waals surface area contributed by atoms with Crippen LogP contribution in [0.2, 0.25) is 0 Å². The molecule has 112 valence electrons. The minimum atomic E-state index is -0.900. The van der Waals surface area contributed by atoms with Crippen LogP contribution in [0.25, 0.3) is 0 Å². The highest BCUT2D eigenvalue weighted by Gasteiger charge is 2.30. The van der Waals surface area contributed by atoms with E-state index in [1.54, 1.807) is 24.3 Å². The average Bonchev–Trinajstić information content (AvgIpc) is 2.53. The van der Waals surface area contributed by atoms with E-state index in [1.807, 2.05) is 0 Å². The normalized spacial score (nSPS) is 27.1. The lowest BCUT2D eigenvalue weighted by Gasteiger charge is -2.35. The van der Waals surface area contributed by atoms with Gasteiger partial charge in [0.1, 0.15) is 0 Å². The molecule has 1 aromatic rings. The first-order chi connectivity index (χ1) is 10.2. The van der Waals surface area contributed by atoms with E-state index in [9.17, 15) is 4.79 Å². The van der Waals surface area contributed by atoms with Crippen molar-refractivity contribution >= 4 is 17.4 Å². The smallest absolute Gasteiger partial charge is 0.335 e. The van der Waals surface area contributed by atoms with Crippen LogP contribution in [-0.4, -0.2) is 16.8 Å². The third-order valence-electron chi connectivity index (χ3n) is 4.84. The first kappa shape index (κ1) is 14.1. The van der Waals surface area contributed by atoms with E-state index >= 15 is 0 Å². The summed E-state index contributed by atoms with van der Waals surface area (Å²) in [4.78, 5) is 10.8. The summed E-state index contributed by atoms with van der Waals surface area (Å²) >= 11 is 0. The lowest BCUT2D eigenvalue weighted by molar-refractivity contribution is 0.0697. The maximum Gasteiger partial charge on any atom is 0.335 e. The summed E-state index contributed by atoms with van der Waals surface area (Å²) in [6.07, 6.45) is 9.05. The number of fused-ring (bicyclic) bond motifs is 1. The van der Waals surface area contributed by atoms with Crippen LogP contribution >= 0.6 is 0 Å². The molecule has 0 spiro atoms. The molecule has 2 saturated carbocycles. The zero-order valence-electron chi connectivity index (χ0n) is 12.2. The highest BCUT2D eigenvalue weighted by molar-refractivity contribution is 5.88. The minimum absolute atomic E-state index is 0.302. The summed E-state index contributed by atoms with van der Waals surface area (Å²) in [6.45, 7) is 0. The molecular weight excluding hydrogens is 264 g/mol. The van der Waals surface area contributed by atoms with Gasteiger partial charge in [-0.1, -0.05) is 19.3 Å². The molecule has 0 aromatic heterocycles. The molecule has 0 unspecified atom stereocenters. The van der Waals surface area contributed by atoms with Gasteiger partial charge in [-0.15, -0.1) is 0 Å². The number of carbonyl (C=O) groups is 1. The van der Waals surface area contributed by atoms with Crippen LogP contribution in [0.4, 0.5) is 5.69 Å². The molecule has 1 aromatic carbocycles. The highest BCUT2D eigenvalue weighted by Crippen LogP contribution is 2.39. The zero-order valence-corrected chi connectivity index (χ0v) is 12.2. The standard InChI is InChI=1S/C17H22N2O2/c20-17(21)13-6-8-15(9-7-13)18-19-16-10-5-12-3-1-2-4-14(12)11-16/h6-9,12,14,18H,1-5,10-11H2,(H,20,21)/b19-16+/t12-,14+/m1/s1. The van der Waals surface area contributed by atoms with Gasteiger partial charge in [0, 0.05) is 5.71 Å². The second kappa shape index (κ2) is 6.29. The van der Waals surface area contributed by atoms with Gasteiger partial charge >= 0.3 is 5.97 Å². The lowest BCUT2D eigenvalue weighted by atomic mass is 9.70. The van der Waals surface area contributed by atoms with E-state index in [0.29, 0.717) is 5.56 Å². The topological polar surface area (TPSA) is 61.7 Å². The fraction of sp³-hybridized carbons (Fsp3) is 0.529. The van der Waals surface area contributed by atoms with E-state index < -0.39 is 5.97 Å². The van der Waals surface area contributed by atoms with Crippen molar-refractivity contribution in [2.45, 2.75) is 44.9 Å². The number of nitrogens with one attached hydrogen (secondary N) is 1. The predicted octanol–water partition coefficient (Wildman–Crippen LogP) is 4.14. The largest absolute Gasteiger partial charge is 0.478 e. The molecule has 4 nitrogen and oxygen atoms in total. The summed E-state index contributed by atoms with van der Waals surface area (Å²) in [7, 11) is 0. The number of aromatic carboxylic acids is 1. The summed E-state index contributed by atoms with van der Waals surface area (Å²) < 4.78 is 0. The Bertz CT molecular complexity index is 536. The number of nitrogens with zero attached hydrogens (tertiary/aromatic N) is 1. The van der Waals surface area contributed by atoms with Gasteiger partial charge in [-0.25, -0.2) is 4.79 Å². The van der Waals surface area contributed by atoms with Crippen molar-refractivity contribution in [1.82, 2.24) is 0 Å². The third kappa shape index (κ3) is 3.43. The van der Waals surface area contributed by atoms with Gasteiger partial charge in [-0.3, -0.25) is 5.43 Å². The van der Waals surface area contributed by atoms with E-state index in [4.69, 9.17) is 5.11 Å². The molecule has 0 saturated heterocycles.